The van der Waals surface area contributed by atoms with Crippen molar-refractivity contribution in [2.75, 3.05) is 16.8 Å². The van der Waals surface area contributed by atoms with Crippen LogP contribution in [0.1, 0.15) is 34.8 Å². The number of rotatable bonds is 4. The second kappa shape index (κ2) is 8.03. The van der Waals surface area contributed by atoms with Gasteiger partial charge in [-0.1, -0.05) is 0 Å². The summed E-state index contributed by atoms with van der Waals surface area (Å²) in [6, 6.07) is 12.4. The second-order valence-corrected chi connectivity index (χ2v) is 7.75. The Balaban J connectivity index is 1.47. The minimum atomic E-state index is -0.473. The maximum atomic E-state index is 14.4. The van der Waals surface area contributed by atoms with Gasteiger partial charge in [0, 0.05) is 29.7 Å². The van der Waals surface area contributed by atoms with E-state index in [4.69, 9.17) is 0 Å². The number of nitrogens with zero attached hydrogens (tertiary/aromatic N) is 3. The summed E-state index contributed by atoms with van der Waals surface area (Å²) in [6.07, 6.45) is 4.73. The molecule has 5 nitrogen and oxygen atoms in total. The van der Waals surface area contributed by atoms with Crippen molar-refractivity contribution >= 4 is 22.8 Å². The first-order chi connectivity index (χ1) is 15.5. The predicted octanol–water partition coefficient (Wildman–Crippen LogP) is 5.35. The van der Waals surface area contributed by atoms with Crippen LogP contribution in [0.4, 0.5) is 24.5 Å². The lowest BCUT2D eigenvalue weighted by Crippen LogP contribution is -2.23. The molecular formula is C24H19F3N4O. The van der Waals surface area contributed by atoms with Crippen LogP contribution in [0.3, 0.4) is 0 Å². The SMILES string of the molecule is O=C(Nc1ccc(F)cc1)c1cnn2ccc(N3CCCC3c3cc(F)ccc3F)cc12. The molecule has 3 heterocycles. The minimum absolute atomic E-state index is 0.299. The topological polar surface area (TPSA) is 49.6 Å². The van der Waals surface area contributed by atoms with Crippen molar-refractivity contribution in [3.05, 3.63) is 95.6 Å². The summed E-state index contributed by atoms with van der Waals surface area (Å²) >= 11 is 0. The minimum Gasteiger partial charge on any atom is -0.364 e. The van der Waals surface area contributed by atoms with Crippen molar-refractivity contribution < 1.29 is 18.0 Å². The molecule has 4 aromatic rings. The molecule has 5 rings (SSSR count). The normalized spacial score (nSPS) is 16.0. The highest BCUT2D eigenvalue weighted by Crippen LogP contribution is 2.38. The number of halogens is 3. The summed E-state index contributed by atoms with van der Waals surface area (Å²) in [5, 5.41) is 6.97. The molecule has 1 saturated heterocycles. The highest BCUT2D eigenvalue weighted by molar-refractivity contribution is 6.09. The molecule has 0 radical (unpaired) electrons. The third kappa shape index (κ3) is 3.68. The zero-order valence-electron chi connectivity index (χ0n) is 16.9. The quantitative estimate of drug-likeness (QED) is 0.470. The molecule has 2 aromatic heterocycles. The molecule has 1 aliphatic heterocycles. The Morgan fingerprint density at radius 2 is 1.78 bits per heavy atom. The lowest BCUT2D eigenvalue weighted by Gasteiger charge is -2.27. The fraction of sp³-hybridized carbons (Fsp3) is 0.167. The highest BCUT2D eigenvalue weighted by atomic mass is 19.1. The van der Waals surface area contributed by atoms with Gasteiger partial charge in [-0.15, -0.1) is 0 Å². The average Bonchev–Trinajstić information content (AvgIpc) is 3.43. The van der Waals surface area contributed by atoms with Gasteiger partial charge in [-0.25, -0.2) is 17.7 Å². The fourth-order valence-corrected chi connectivity index (χ4v) is 4.22. The molecule has 2 aromatic carbocycles. The Morgan fingerprint density at radius 1 is 1.00 bits per heavy atom. The Labute approximate surface area is 182 Å². The maximum Gasteiger partial charge on any atom is 0.259 e. The van der Waals surface area contributed by atoms with Crippen molar-refractivity contribution in [1.82, 2.24) is 9.61 Å². The van der Waals surface area contributed by atoms with Crippen molar-refractivity contribution in [3.8, 4) is 0 Å². The number of amides is 1. The van der Waals surface area contributed by atoms with E-state index < -0.39 is 17.5 Å². The zero-order chi connectivity index (χ0) is 22.2. The van der Waals surface area contributed by atoms with Crippen molar-refractivity contribution in [3.63, 3.8) is 0 Å². The van der Waals surface area contributed by atoms with Crippen LogP contribution in [0.5, 0.6) is 0 Å². The lowest BCUT2D eigenvalue weighted by atomic mass is 10.0. The standard InChI is InChI=1S/C24H19F3N4O/c25-15-3-6-17(7-4-15)29-24(32)20-14-28-31-11-9-18(13-23(20)31)30-10-1-2-22(30)19-12-16(26)5-8-21(19)27/h3-9,11-14,22H,1-2,10H2,(H,29,32). The summed E-state index contributed by atoms with van der Waals surface area (Å²) < 4.78 is 42.9. The molecule has 1 amide bonds. The van der Waals surface area contributed by atoms with Crippen LogP contribution in [0.25, 0.3) is 5.52 Å². The molecule has 1 N–H and O–H groups in total. The van der Waals surface area contributed by atoms with Gasteiger partial charge >= 0.3 is 0 Å². The van der Waals surface area contributed by atoms with Crippen LogP contribution < -0.4 is 10.2 Å². The van der Waals surface area contributed by atoms with Crippen LogP contribution in [-0.2, 0) is 0 Å². The summed E-state index contributed by atoms with van der Waals surface area (Å²) in [6.45, 7) is 0.683. The number of aromatic nitrogens is 2. The van der Waals surface area contributed by atoms with E-state index in [1.54, 1.807) is 10.7 Å². The molecule has 1 atom stereocenters. The largest absolute Gasteiger partial charge is 0.364 e. The second-order valence-electron chi connectivity index (χ2n) is 7.75. The van der Waals surface area contributed by atoms with Crippen molar-refractivity contribution in [2.24, 2.45) is 0 Å². The first-order valence-electron chi connectivity index (χ1n) is 10.3. The van der Waals surface area contributed by atoms with Crippen LogP contribution in [-0.4, -0.2) is 22.1 Å². The van der Waals surface area contributed by atoms with Crippen molar-refractivity contribution in [1.29, 1.82) is 0 Å². The number of carbonyl (C=O) groups excluding carboxylic acids is 1. The first-order valence-corrected chi connectivity index (χ1v) is 10.3. The summed E-state index contributed by atoms with van der Waals surface area (Å²) in [4.78, 5) is 14.8. The smallest absolute Gasteiger partial charge is 0.259 e. The van der Waals surface area contributed by atoms with E-state index in [-0.39, 0.29) is 11.9 Å². The number of carbonyl (C=O) groups is 1. The molecule has 0 aliphatic carbocycles. The summed E-state index contributed by atoms with van der Waals surface area (Å²) in [7, 11) is 0. The molecule has 1 aliphatic rings. The van der Waals surface area contributed by atoms with Gasteiger partial charge in [0.25, 0.3) is 5.91 Å². The Hall–Kier alpha value is -3.81. The van der Waals surface area contributed by atoms with E-state index in [1.807, 2.05) is 17.0 Å². The van der Waals surface area contributed by atoms with Gasteiger partial charge in [0.05, 0.1) is 23.3 Å². The van der Waals surface area contributed by atoms with Crippen LogP contribution in [0, 0.1) is 17.5 Å². The number of anilines is 2. The number of nitrogens with one attached hydrogen (secondary N) is 1. The van der Waals surface area contributed by atoms with E-state index in [0.29, 0.717) is 35.3 Å². The Morgan fingerprint density at radius 3 is 2.59 bits per heavy atom. The summed E-state index contributed by atoms with van der Waals surface area (Å²) in [5.74, 6) is -1.68. The van der Waals surface area contributed by atoms with Crippen LogP contribution in [0.15, 0.2) is 67.0 Å². The van der Waals surface area contributed by atoms with Crippen molar-refractivity contribution in [2.45, 2.75) is 18.9 Å². The third-order valence-electron chi connectivity index (χ3n) is 5.75. The Bertz CT molecular complexity index is 1300. The Kier molecular flexibility index (Phi) is 5.05. The number of benzene rings is 2. The first kappa shape index (κ1) is 20.1. The molecule has 1 unspecified atom stereocenters. The number of pyridine rings is 1. The molecular weight excluding hydrogens is 417 g/mol. The summed E-state index contributed by atoms with van der Waals surface area (Å²) in [5.41, 5.74) is 2.51. The van der Waals surface area contributed by atoms with Gasteiger partial charge in [-0.05, 0) is 67.4 Å². The monoisotopic (exact) mass is 436 g/mol. The zero-order valence-corrected chi connectivity index (χ0v) is 16.9. The third-order valence-corrected chi connectivity index (χ3v) is 5.75. The van der Waals surface area contributed by atoms with Gasteiger partial charge in [-0.3, -0.25) is 4.79 Å². The van der Waals surface area contributed by atoms with Gasteiger partial charge in [-0.2, -0.15) is 5.10 Å². The van der Waals surface area contributed by atoms with Gasteiger partial charge < -0.3 is 10.2 Å². The van der Waals surface area contributed by atoms with Crippen LogP contribution >= 0.6 is 0 Å². The van der Waals surface area contributed by atoms with E-state index in [0.717, 1.165) is 24.2 Å². The van der Waals surface area contributed by atoms with Gasteiger partial charge in [0.15, 0.2) is 0 Å². The highest BCUT2D eigenvalue weighted by Gasteiger charge is 2.29. The molecule has 0 spiro atoms. The lowest BCUT2D eigenvalue weighted by molar-refractivity contribution is 0.102. The molecule has 32 heavy (non-hydrogen) atoms. The predicted molar refractivity (Wildman–Crippen MR) is 115 cm³/mol. The maximum absolute atomic E-state index is 14.4. The molecule has 162 valence electrons. The number of fused-ring (bicyclic) bond motifs is 1. The number of hydrogen-bond acceptors (Lipinski definition) is 3. The fourth-order valence-electron chi connectivity index (χ4n) is 4.22. The van der Waals surface area contributed by atoms with E-state index in [1.165, 1.54) is 36.5 Å². The molecule has 0 bridgehead atoms. The van der Waals surface area contributed by atoms with Gasteiger partial charge in [0.1, 0.15) is 17.5 Å². The average molecular weight is 436 g/mol. The molecule has 0 saturated carbocycles. The van der Waals surface area contributed by atoms with E-state index in [9.17, 15) is 18.0 Å². The van der Waals surface area contributed by atoms with E-state index >= 15 is 0 Å². The molecule has 8 heteroatoms. The molecule has 1 fully saturated rings. The van der Waals surface area contributed by atoms with Crippen LogP contribution in [0.2, 0.25) is 0 Å². The van der Waals surface area contributed by atoms with Gasteiger partial charge in [0.2, 0.25) is 0 Å². The van der Waals surface area contributed by atoms with E-state index in [2.05, 4.69) is 10.4 Å². The number of hydrogen-bond donors (Lipinski definition) is 1.